The van der Waals surface area contributed by atoms with Crippen LogP contribution in [0.3, 0.4) is 0 Å². The van der Waals surface area contributed by atoms with Crippen molar-refractivity contribution in [1.29, 1.82) is 0 Å². The highest BCUT2D eigenvalue weighted by Crippen LogP contribution is 2.31. The molecule has 1 aromatic carbocycles. The summed E-state index contributed by atoms with van der Waals surface area (Å²) < 4.78 is 39.5. The average molecular weight is 365 g/mol. The molecule has 140 valence electrons. The Kier molecular flexibility index (Phi) is 4.93. The lowest BCUT2D eigenvalue weighted by Crippen LogP contribution is -2.47. The van der Waals surface area contributed by atoms with Gasteiger partial charge in [0, 0.05) is 52.0 Å². The molecule has 0 atom stereocenters. The first-order valence-corrected chi connectivity index (χ1v) is 8.44. The van der Waals surface area contributed by atoms with Gasteiger partial charge in [0.25, 0.3) is 0 Å². The van der Waals surface area contributed by atoms with Crippen LogP contribution in [-0.2, 0) is 6.18 Å². The van der Waals surface area contributed by atoms with Crippen molar-refractivity contribution in [2.45, 2.75) is 13.1 Å². The van der Waals surface area contributed by atoms with Gasteiger partial charge in [0.05, 0.1) is 0 Å². The molecule has 1 aliphatic heterocycles. The minimum Gasteiger partial charge on any atom is -0.368 e. The van der Waals surface area contributed by atoms with Gasteiger partial charge in [0.2, 0.25) is 5.95 Å². The standard InChI is InChI=1S/C18H22F3N5/c1-13-5-4-6-14(11-13)25-7-9-26(10-8-25)17-22-15(18(19,20)21)12-16(23-17)24(2)3/h4-6,11-12H,7-10H2,1-3H3. The molecule has 5 nitrogen and oxygen atoms in total. The lowest BCUT2D eigenvalue weighted by atomic mass is 10.2. The Balaban J connectivity index is 1.79. The number of aryl methyl sites for hydroxylation is 1. The smallest absolute Gasteiger partial charge is 0.368 e. The molecular weight excluding hydrogens is 343 g/mol. The summed E-state index contributed by atoms with van der Waals surface area (Å²) in [7, 11) is 3.34. The second kappa shape index (κ2) is 7.01. The maximum Gasteiger partial charge on any atom is 0.433 e. The van der Waals surface area contributed by atoms with Crippen molar-refractivity contribution in [2.75, 3.05) is 55.0 Å². The Bertz CT molecular complexity index is 768. The van der Waals surface area contributed by atoms with Crippen LogP contribution >= 0.6 is 0 Å². The molecule has 0 amide bonds. The van der Waals surface area contributed by atoms with Crippen LogP contribution < -0.4 is 14.7 Å². The maximum absolute atomic E-state index is 13.2. The van der Waals surface area contributed by atoms with Crippen LogP contribution in [0.5, 0.6) is 0 Å². The number of piperazine rings is 1. The molecule has 0 aliphatic carbocycles. The number of aromatic nitrogens is 2. The molecule has 1 saturated heterocycles. The molecule has 1 aromatic heterocycles. The van der Waals surface area contributed by atoms with E-state index in [2.05, 4.69) is 20.9 Å². The average Bonchev–Trinajstić information content (AvgIpc) is 2.61. The molecule has 0 saturated carbocycles. The van der Waals surface area contributed by atoms with Crippen LogP contribution in [-0.4, -0.2) is 50.2 Å². The van der Waals surface area contributed by atoms with Crippen molar-refractivity contribution in [3.63, 3.8) is 0 Å². The number of halogens is 3. The van der Waals surface area contributed by atoms with Crippen molar-refractivity contribution in [1.82, 2.24) is 9.97 Å². The summed E-state index contributed by atoms with van der Waals surface area (Å²) in [5.74, 6) is 0.385. The van der Waals surface area contributed by atoms with Gasteiger partial charge >= 0.3 is 6.18 Å². The van der Waals surface area contributed by atoms with Crippen molar-refractivity contribution in [3.05, 3.63) is 41.6 Å². The van der Waals surface area contributed by atoms with E-state index in [9.17, 15) is 13.2 Å². The van der Waals surface area contributed by atoms with E-state index in [0.717, 1.165) is 11.8 Å². The quantitative estimate of drug-likeness (QED) is 0.835. The minimum absolute atomic E-state index is 0.132. The van der Waals surface area contributed by atoms with Crippen molar-refractivity contribution in [3.8, 4) is 0 Å². The van der Waals surface area contributed by atoms with E-state index in [1.54, 1.807) is 19.0 Å². The Morgan fingerprint density at radius 2 is 1.62 bits per heavy atom. The lowest BCUT2D eigenvalue weighted by molar-refractivity contribution is -0.141. The summed E-state index contributed by atoms with van der Waals surface area (Å²) in [5, 5.41) is 0. The topological polar surface area (TPSA) is 35.5 Å². The van der Waals surface area contributed by atoms with E-state index >= 15 is 0 Å². The fourth-order valence-electron chi connectivity index (χ4n) is 2.93. The highest BCUT2D eigenvalue weighted by molar-refractivity contribution is 5.51. The maximum atomic E-state index is 13.2. The van der Waals surface area contributed by atoms with Crippen LogP contribution in [0.25, 0.3) is 0 Å². The molecule has 0 spiro atoms. The van der Waals surface area contributed by atoms with Gasteiger partial charge in [-0.05, 0) is 24.6 Å². The number of hydrogen-bond donors (Lipinski definition) is 0. The number of nitrogens with zero attached hydrogens (tertiary/aromatic N) is 5. The first kappa shape index (κ1) is 18.3. The molecule has 0 radical (unpaired) electrons. The van der Waals surface area contributed by atoms with E-state index in [1.807, 2.05) is 30.0 Å². The monoisotopic (exact) mass is 365 g/mol. The molecule has 1 fully saturated rings. The largest absolute Gasteiger partial charge is 0.433 e. The van der Waals surface area contributed by atoms with Crippen LogP contribution in [0.4, 0.5) is 30.6 Å². The normalized spacial score (nSPS) is 15.3. The third-order valence-electron chi connectivity index (χ3n) is 4.38. The zero-order chi connectivity index (χ0) is 18.9. The first-order valence-electron chi connectivity index (χ1n) is 8.44. The third kappa shape index (κ3) is 4.00. The summed E-state index contributed by atoms with van der Waals surface area (Å²) in [6.45, 7) is 4.60. The number of alkyl halides is 3. The molecule has 1 aliphatic rings. The Labute approximate surface area is 151 Å². The number of hydrogen-bond acceptors (Lipinski definition) is 5. The Morgan fingerprint density at radius 1 is 0.962 bits per heavy atom. The number of rotatable bonds is 3. The molecule has 0 unspecified atom stereocenters. The first-order chi connectivity index (χ1) is 12.2. The molecule has 2 heterocycles. The Hall–Kier alpha value is -2.51. The van der Waals surface area contributed by atoms with E-state index in [4.69, 9.17) is 0 Å². The zero-order valence-corrected chi connectivity index (χ0v) is 15.1. The molecule has 0 N–H and O–H groups in total. The van der Waals surface area contributed by atoms with Gasteiger partial charge in [-0.25, -0.2) is 4.98 Å². The molecular formula is C18H22F3N5. The molecule has 2 aromatic rings. The summed E-state index contributed by atoms with van der Waals surface area (Å²) in [4.78, 5) is 13.7. The summed E-state index contributed by atoms with van der Waals surface area (Å²) in [6.07, 6.45) is -4.49. The van der Waals surface area contributed by atoms with E-state index in [0.29, 0.717) is 26.2 Å². The summed E-state index contributed by atoms with van der Waals surface area (Å²) in [5.41, 5.74) is 1.40. The van der Waals surface area contributed by atoms with Gasteiger partial charge in [-0.3, -0.25) is 0 Å². The van der Waals surface area contributed by atoms with E-state index < -0.39 is 11.9 Å². The van der Waals surface area contributed by atoms with Crippen LogP contribution in [0, 0.1) is 6.92 Å². The fourth-order valence-corrected chi connectivity index (χ4v) is 2.93. The zero-order valence-electron chi connectivity index (χ0n) is 15.1. The van der Waals surface area contributed by atoms with E-state index in [1.165, 1.54) is 5.56 Å². The predicted molar refractivity (Wildman–Crippen MR) is 97.0 cm³/mol. The van der Waals surface area contributed by atoms with Crippen molar-refractivity contribution < 1.29 is 13.2 Å². The molecule has 8 heteroatoms. The van der Waals surface area contributed by atoms with Gasteiger partial charge in [-0.2, -0.15) is 18.2 Å². The van der Waals surface area contributed by atoms with Crippen LogP contribution in [0.15, 0.2) is 30.3 Å². The highest BCUT2D eigenvalue weighted by atomic mass is 19.4. The molecule has 3 rings (SSSR count). The third-order valence-corrected chi connectivity index (χ3v) is 4.38. The van der Waals surface area contributed by atoms with Gasteiger partial charge in [-0.15, -0.1) is 0 Å². The van der Waals surface area contributed by atoms with E-state index in [-0.39, 0.29) is 11.8 Å². The lowest BCUT2D eigenvalue weighted by Gasteiger charge is -2.36. The Morgan fingerprint density at radius 3 is 2.19 bits per heavy atom. The summed E-state index contributed by atoms with van der Waals surface area (Å²) >= 11 is 0. The highest BCUT2D eigenvalue weighted by Gasteiger charge is 2.34. The molecule has 0 bridgehead atoms. The van der Waals surface area contributed by atoms with Gasteiger partial charge < -0.3 is 14.7 Å². The number of anilines is 3. The number of benzene rings is 1. The van der Waals surface area contributed by atoms with Crippen LogP contribution in [0.1, 0.15) is 11.3 Å². The second-order valence-corrected chi connectivity index (χ2v) is 6.62. The van der Waals surface area contributed by atoms with Gasteiger partial charge in [-0.1, -0.05) is 12.1 Å². The summed E-state index contributed by atoms with van der Waals surface area (Å²) in [6, 6.07) is 9.19. The fraction of sp³-hybridized carbons (Fsp3) is 0.444. The second-order valence-electron chi connectivity index (χ2n) is 6.62. The minimum atomic E-state index is -4.49. The SMILES string of the molecule is Cc1cccc(N2CCN(c3nc(N(C)C)cc(C(F)(F)F)n3)CC2)c1. The van der Waals surface area contributed by atoms with Crippen LogP contribution in [0.2, 0.25) is 0 Å². The molecule has 26 heavy (non-hydrogen) atoms. The predicted octanol–water partition coefficient (Wildman–Crippen LogP) is 3.20. The van der Waals surface area contributed by atoms with Gasteiger partial charge in [0.1, 0.15) is 5.82 Å². The van der Waals surface area contributed by atoms with Crippen molar-refractivity contribution in [2.24, 2.45) is 0 Å². The van der Waals surface area contributed by atoms with Gasteiger partial charge in [0.15, 0.2) is 5.69 Å². The van der Waals surface area contributed by atoms with Crippen molar-refractivity contribution >= 4 is 17.5 Å².